The summed E-state index contributed by atoms with van der Waals surface area (Å²) in [6, 6.07) is 0. The molecule has 0 heterocycles. The summed E-state index contributed by atoms with van der Waals surface area (Å²) in [6.07, 6.45) is 20.7. The lowest BCUT2D eigenvalue weighted by Gasteiger charge is -2.15. The van der Waals surface area contributed by atoms with Crippen molar-refractivity contribution < 1.29 is 0 Å². The summed E-state index contributed by atoms with van der Waals surface area (Å²) in [4.78, 5) is 0. The van der Waals surface area contributed by atoms with E-state index >= 15 is 0 Å². The second-order valence-electron chi connectivity index (χ2n) is 6.63. The molecule has 0 rings (SSSR count). The first-order valence-electron chi connectivity index (χ1n) is 9.80. The van der Waals surface area contributed by atoms with Crippen LogP contribution in [0.5, 0.6) is 0 Å². The minimum Gasteiger partial charge on any atom is -0.269 e. The minimum absolute atomic E-state index is 1.09. The standard InChI is InChI=1S/C19H42N2/c1-3-5-7-9-11-12-13-15-17-19-21(20)18-16-14-10-8-6-4-2/h3-20H2,1-2H3. The normalized spacial score (nSPS) is 11.4. The van der Waals surface area contributed by atoms with Crippen molar-refractivity contribution in [2.24, 2.45) is 5.84 Å². The first-order chi connectivity index (χ1) is 10.3. The van der Waals surface area contributed by atoms with Gasteiger partial charge >= 0.3 is 0 Å². The van der Waals surface area contributed by atoms with Crippen LogP contribution < -0.4 is 5.84 Å². The summed E-state index contributed by atoms with van der Waals surface area (Å²) >= 11 is 0. The van der Waals surface area contributed by atoms with Crippen LogP contribution in [0.3, 0.4) is 0 Å². The molecular weight excluding hydrogens is 256 g/mol. The number of hydrogen-bond acceptors (Lipinski definition) is 2. The quantitative estimate of drug-likeness (QED) is 0.201. The summed E-state index contributed by atoms with van der Waals surface area (Å²) in [5.41, 5.74) is 0. The van der Waals surface area contributed by atoms with Crippen LogP contribution in [-0.4, -0.2) is 18.1 Å². The highest BCUT2D eigenvalue weighted by Gasteiger charge is 1.99. The molecule has 0 radical (unpaired) electrons. The van der Waals surface area contributed by atoms with Gasteiger partial charge < -0.3 is 0 Å². The molecule has 0 aromatic heterocycles. The van der Waals surface area contributed by atoms with Crippen LogP contribution in [0.2, 0.25) is 0 Å². The van der Waals surface area contributed by atoms with E-state index in [0.29, 0.717) is 0 Å². The maximum atomic E-state index is 6.04. The van der Waals surface area contributed by atoms with E-state index in [0.717, 1.165) is 13.1 Å². The molecule has 0 bridgehead atoms. The van der Waals surface area contributed by atoms with Crippen molar-refractivity contribution in [2.45, 2.75) is 110 Å². The van der Waals surface area contributed by atoms with Crippen LogP contribution in [0, 0.1) is 0 Å². The topological polar surface area (TPSA) is 29.3 Å². The van der Waals surface area contributed by atoms with Crippen molar-refractivity contribution in [3.8, 4) is 0 Å². The zero-order valence-corrected chi connectivity index (χ0v) is 15.0. The average Bonchev–Trinajstić information content (AvgIpc) is 2.49. The van der Waals surface area contributed by atoms with Crippen LogP contribution in [0.4, 0.5) is 0 Å². The van der Waals surface area contributed by atoms with E-state index in [-0.39, 0.29) is 0 Å². The van der Waals surface area contributed by atoms with Crippen molar-refractivity contribution in [2.75, 3.05) is 13.1 Å². The van der Waals surface area contributed by atoms with Crippen LogP contribution in [0.15, 0.2) is 0 Å². The van der Waals surface area contributed by atoms with Crippen molar-refractivity contribution in [3.05, 3.63) is 0 Å². The molecule has 0 aliphatic heterocycles. The Morgan fingerprint density at radius 3 is 1.10 bits per heavy atom. The zero-order chi connectivity index (χ0) is 15.6. The Kier molecular flexibility index (Phi) is 17.9. The van der Waals surface area contributed by atoms with Gasteiger partial charge in [0.15, 0.2) is 0 Å². The third kappa shape index (κ3) is 17.9. The van der Waals surface area contributed by atoms with Gasteiger partial charge in [-0.3, -0.25) is 5.84 Å². The van der Waals surface area contributed by atoms with Crippen molar-refractivity contribution in [1.29, 1.82) is 0 Å². The summed E-state index contributed by atoms with van der Waals surface area (Å²) in [5.74, 6) is 6.04. The first kappa shape index (κ1) is 20.9. The fourth-order valence-electron chi connectivity index (χ4n) is 2.83. The Morgan fingerprint density at radius 1 is 0.476 bits per heavy atom. The van der Waals surface area contributed by atoms with Crippen molar-refractivity contribution >= 4 is 0 Å². The molecule has 0 aliphatic carbocycles. The molecule has 2 N–H and O–H groups in total. The second-order valence-corrected chi connectivity index (χ2v) is 6.63. The van der Waals surface area contributed by atoms with E-state index in [2.05, 4.69) is 13.8 Å². The van der Waals surface area contributed by atoms with E-state index in [9.17, 15) is 0 Å². The van der Waals surface area contributed by atoms with E-state index in [1.807, 2.05) is 5.01 Å². The molecular formula is C19H42N2. The SMILES string of the molecule is CCCCCCCCCCCN(N)CCCCCCCC. The van der Waals surface area contributed by atoms with Gasteiger partial charge in [-0.25, -0.2) is 5.01 Å². The van der Waals surface area contributed by atoms with E-state index < -0.39 is 0 Å². The molecule has 0 spiro atoms. The largest absolute Gasteiger partial charge is 0.269 e. The summed E-state index contributed by atoms with van der Waals surface area (Å²) in [7, 11) is 0. The Hall–Kier alpha value is -0.0800. The molecule has 0 fully saturated rings. The van der Waals surface area contributed by atoms with E-state index in [1.54, 1.807) is 0 Å². The smallest absolute Gasteiger partial charge is 0.0128 e. The maximum Gasteiger partial charge on any atom is 0.0128 e. The van der Waals surface area contributed by atoms with E-state index in [1.165, 1.54) is 96.3 Å². The van der Waals surface area contributed by atoms with Gasteiger partial charge in [-0.2, -0.15) is 0 Å². The number of hydrazine groups is 1. The van der Waals surface area contributed by atoms with Crippen LogP contribution in [-0.2, 0) is 0 Å². The monoisotopic (exact) mass is 298 g/mol. The molecule has 0 unspecified atom stereocenters. The predicted octanol–water partition coefficient (Wildman–Crippen LogP) is 6.05. The Balaban J connectivity index is 3.10. The van der Waals surface area contributed by atoms with Gasteiger partial charge in [-0.15, -0.1) is 0 Å². The molecule has 0 aromatic carbocycles. The van der Waals surface area contributed by atoms with Gasteiger partial charge in [0.25, 0.3) is 0 Å². The summed E-state index contributed by atoms with van der Waals surface area (Å²) < 4.78 is 0. The molecule has 0 saturated heterocycles. The molecule has 0 saturated carbocycles. The lowest BCUT2D eigenvalue weighted by molar-refractivity contribution is 0.268. The molecule has 2 heteroatoms. The summed E-state index contributed by atoms with van der Waals surface area (Å²) in [6.45, 7) is 6.73. The zero-order valence-electron chi connectivity index (χ0n) is 15.0. The van der Waals surface area contributed by atoms with Crippen molar-refractivity contribution in [1.82, 2.24) is 5.01 Å². The molecule has 0 atom stereocenters. The predicted molar refractivity (Wildman–Crippen MR) is 96.4 cm³/mol. The van der Waals surface area contributed by atoms with Gasteiger partial charge in [-0.05, 0) is 12.8 Å². The highest BCUT2D eigenvalue weighted by molar-refractivity contribution is 4.53. The second kappa shape index (κ2) is 18.0. The third-order valence-electron chi connectivity index (χ3n) is 4.35. The fourth-order valence-corrected chi connectivity index (χ4v) is 2.83. The summed E-state index contributed by atoms with van der Waals surface area (Å²) in [5, 5.41) is 2.04. The molecule has 2 nitrogen and oxygen atoms in total. The maximum absolute atomic E-state index is 6.04. The lowest BCUT2D eigenvalue weighted by Crippen LogP contribution is -2.32. The van der Waals surface area contributed by atoms with Gasteiger partial charge in [-0.1, -0.05) is 97.3 Å². The number of unbranched alkanes of at least 4 members (excludes halogenated alkanes) is 13. The van der Waals surface area contributed by atoms with Gasteiger partial charge in [0, 0.05) is 13.1 Å². The lowest BCUT2D eigenvalue weighted by atomic mass is 10.1. The van der Waals surface area contributed by atoms with Gasteiger partial charge in [0.1, 0.15) is 0 Å². The Morgan fingerprint density at radius 2 is 0.762 bits per heavy atom. The van der Waals surface area contributed by atoms with Crippen molar-refractivity contribution in [3.63, 3.8) is 0 Å². The minimum atomic E-state index is 1.09. The first-order valence-corrected chi connectivity index (χ1v) is 9.80. The molecule has 0 aromatic rings. The Bertz CT molecular complexity index is 182. The van der Waals surface area contributed by atoms with Gasteiger partial charge in [0.2, 0.25) is 0 Å². The fraction of sp³-hybridized carbons (Fsp3) is 1.00. The molecule has 0 aliphatic rings. The number of nitrogens with zero attached hydrogens (tertiary/aromatic N) is 1. The van der Waals surface area contributed by atoms with Gasteiger partial charge in [0.05, 0.1) is 0 Å². The third-order valence-corrected chi connectivity index (χ3v) is 4.35. The molecule has 128 valence electrons. The average molecular weight is 299 g/mol. The highest BCUT2D eigenvalue weighted by atomic mass is 15.4. The number of rotatable bonds is 17. The van der Waals surface area contributed by atoms with Crippen LogP contribution in [0.25, 0.3) is 0 Å². The van der Waals surface area contributed by atoms with E-state index in [4.69, 9.17) is 5.84 Å². The Labute approximate surface area is 134 Å². The number of nitrogens with two attached hydrogens (primary N) is 1. The molecule has 0 amide bonds. The van der Waals surface area contributed by atoms with Crippen LogP contribution >= 0.6 is 0 Å². The van der Waals surface area contributed by atoms with Crippen LogP contribution in [0.1, 0.15) is 110 Å². The number of hydrogen-bond donors (Lipinski definition) is 1. The molecule has 21 heavy (non-hydrogen) atoms. The highest BCUT2D eigenvalue weighted by Crippen LogP contribution is 2.10.